The second-order valence-corrected chi connectivity index (χ2v) is 9.87. The van der Waals surface area contributed by atoms with Crippen molar-refractivity contribution in [2.45, 2.75) is 16.6 Å². The Kier molecular flexibility index (Phi) is 9.91. The highest BCUT2D eigenvalue weighted by atomic mass is 32.2. The molecule has 0 aliphatic carbocycles. The van der Waals surface area contributed by atoms with E-state index in [2.05, 4.69) is 89.6 Å². The van der Waals surface area contributed by atoms with Gasteiger partial charge in [0.2, 0.25) is 0 Å². The van der Waals surface area contributed by atoms with Crippen LogP contribution in [0, 0.1) is 0 Å². The number of fused-ring (bicyclic) bond motifs is 2. The number of piperazine rings is 1. The van der Waals surface area contributed by atoms with Gasteiger partial charge in [0.25, 0.3) is 0 Å². The van der Waals surface area contributed by atoms with Crippen molar-refractivity contribution in [3.8, 4) is 0 Å². The fourth-order valence-corrected chi connectivity index (χ4v) is 5.70. The van der Waals surface area contributed by atoms with Gasteiger partial charge >= 0.3 is 11.9 Å². The lowest BCUT2D eigenvalue weighted by Crippen LogP contribution is -2.44. The van der Waals surface area contributed by atoms with Crippen molar-refractivity contribution in [3.05, 3.63) is 107 Å². The lowest BCUT2D eigenvalue weighted by Gasteiger charge is -2.34. The maximum absolute atomic E-state index is 9.55. The quantitative estimate of drug-likeness (QED) is 0.498. The van der Waals surface area contributed by atoms with Crippen molar-refractivity contribution in [1.29, 1.82) is 0 Å². The minimum absolute atomic E-state index is 0. The van der Waals surface area contributed by atoms with Gasteiger partial charge in [-0.15, -0.1) is 11.8 Å². The molecule has 2 heterocycles. The number of rotatable bonds is 4. The summed E-state index contributed by atoms with van der Waals surface area (Å²) in [5.41, 5.74) is 7.10. The molecule has 8 heteroatoms. The van der Waals surface area contributed by atoms with Crippen LogP contribution in [-0.2, 0) is 15.3 Å². The number of aliphatic carboxylic acids is 2. The summed E-state index contributed by atoms with van der Waals surface area (Å²) in [5.74, 6) is -1.16. The van der Waals surface area contributed by atoms with Crippen molar-refractivity contribution in [1.82, 2.24) is 4.90 Å². The van der Waals surface area contributed by atoms with E-state index in [4.69, 9.17) is 10.2 Å². The van der Waals surface area contributed by atoms with Gasteiger partial charge in [-0.1, -0.05) is 60.7 Å². The molecule has 2 aliphatic heterocycles. The Labute approximate surface area is 221 Å². The van der Waals surface area contributed by atoms with Gasteiger partial charge in [0, 0.05) is 60.6 Å². The summed E-state index contributed by atoms with van der Waals surface area (Å²) >= 11 is 1.99. The first kappa shape index (κ1) is 28.0. The average molecular weight is 521 g/mol. The Balaban J connectivity index is 0.000000370. The van der Waals surface area contributed by atoms with E-state index < -0.39 is 11.9 Å². The van der Waals surface area contributed by atoms with Crippen molar-refractivity contribution >= 4 is 29.4 Å². The van der Waals surface area contributed by atoms with Gasteiger partial charge in [0.1, 0.15) is 0 Å². The van der Waals surface area contributed by atoms with Crippen LogP contribution in [-0.4, -0.2) is 65.8 Å². The molecule has 0 saturated carbocycles. The van der Waals surface area contributed by atoms with Crippen LogP contribution >= 0.6 is 11.8 Å². The van der Waals surface area contributed by atoms with Crippen molar-refractivity contribution in [2.75, 3.05) is 38.1 Å². The number of thioether (sulfide) groups is 1. The molecule has 1 saturated heterocycles. The van der Waals surface area contributed by atoms with Crippen molar-refractivity contribution in [3.63, 3.8) is 0 Å². The maximum atomic E-state index is 9.55. The van der Waals surface area contributed by atoms with Crippen LogP contribution in [0.15, 0.2) is 89.8 Å². The second-order valence-electron chi connectivity index (χ2n) is 8.85. The Morgan fingerprint density at radius 3 is 2.11 bits per heavy atom. The molecular formula is C29H32N2O5S. The number of carbonyl (C=O) groups is 2. The lowest BCUT2D eigenvalue weighted by atomic mass is 9.83. The summed E-state index contributed by atoms with van der Waals surface area (Å²) in [4.78, 5) is 25.5. The second kappa shape index (κ2) is 13.1. The average Bonchev–Trinajstić information content (AvgIpc) is 3.05. The van der Waals surface area contributed by atoms with E-state index in [9.17, 15) is 9.59 Å². The Morgan fingerprint density at radius 2 is 1.46 bits per heavy atom. The largest absolute Gasteiger partial charge is 0.478 e. The third-order valence-corrected chi connectivity index (χ3v) is 7.55. The molecule has 0 amide bonds. The summed E-state index contributed by atoms with van der Waals surface area (Å²) in [5, 5.41) is 15.6. The minimum Gasteiger partial charge on any atom is -0.478 e. The summed E-state index contributed by atoms with van der Waals surface area (Å²) < 4.78 is 0. The summed E-state index contributed by atoms with van der Waals surface area (Å²) in [6, 6.07) is 27.1. The predicted octanol–water partition coefficient (Wildman–Crippen LogP) is 4.11. The van der Waals surface area contributed by atoms with Crippen molar-refractivity contribution < 1.29 is 25.3 Å². The van der Waals surface area contributed by atoms with Crippen LogP contribution in [0.4, 0.5) is 5.69 Å². The van der Waals surface area contributed by atoms with Gasteiger partial charge < -0.3 is 25.5 Å². The Hall–Kier alpha value is -3.59. The highest BCUT2D eigenvalue weighted by Crippen LogP contribution is 2.45. The molecular weight excluding hydrogens is 488 g/mol. The van der Waals surface area contributed by atoms with E-state index in [1.54, 1.807) is 0 Å². The first-order valence-electron chi connectivity index (χ1n) is 11.9. The molecule has 1 unspecified atom stereocenters. The molecule has 194 valence electrons. The zero-order chi connectivity index (χ0) is 25.5. The third kappa shape index (κ3) is 7.22. The first-order chi connectivity index (χ1) is 17.4. The zero-order valence-electron chi connectivity index (χ0n) is 20.7. The smallest absolute Gasteiger partial charge is 0.328 e. The van der Waals surface area contributed by atoms with E-state index in [-0.39, 0.29) is 5.48 Å². The molecule has 1 atom stereocenters. The molecule has 2 aliphatic rings. The van der Waals surface area contributed by atoms with Gasteiger partial charge in [-0.05, 0) is 41.4 Å². The molecule has 3 aromatic rings. The highest BCUT2D eigenvalue weighted by Gasteiger charge is 2.26. The highest BCUT2D eigenvalue weighted by molar-refractivity contribution is 7.98. The monoisotopic (exact) mass is 520 g/mol. The standard InChI is InChI=1S/C25H26N2S.C4H4O4.H2O/c1-26-13-15-27(16-14-26)21-11-12-23-24(17-21)28-18-20-9-5-6-10-22(20)25(23)19-7-3-2-4-8-19;5-3(6)1-2-4(7)8;/h2-12,17,25H,13-16,18H2,1H3;1-2H,(H,5,6)(H,7,8);1H2/b;2-1-;. The number of nitrogens with zero attached hydrogens (tertiary/aromatic N) is 2. The molecule has 5 rings (SSSR count). The van der Waals surface area contributed by atoms with Crippen LogP contribution in [0.2, 0.25) is 0 Å². The van der Waals surface area contributed by atoms with E-state index >= 15 is 0 Å². The van der Waals surface area contributed by atoms with E-state index in [1.807, 2.05) is 11.8 Å². The molecule has 37 heavy (non-hydrogen) atoms. The number of likely N-dealkylation sites (N-methyl/N-ethyl adjacent to an activating group) is 1. The van der Waals surface area contributed by atoms with Gasteiger partial charge in [-0.2, -0.15) is 0 Å². The van der Waals surface area contributed by atoms with Crippen LogP contribution in [0.25, 0.3) is 0 Å². The summed E-state index contributed by atoms with van der Waals surface area (Å²) in [6.07, 6.45) is 1.12. The molecule has 0 bridgehead atoms. The number of hydrogen-bond acceptors (Lipinski definition) is 5. The number of anilines is 1. The third-order valence-electron chi connectivity index (χ3n) is 6.43. The summed E-state index contributed by atoms with van der Waals surface area (Å²) in [7, 11) is 2.21. The lowest BCUT2D eigenvalue weighted by molar-refractivity contribution is -0.134. The zero-order valence-corrected chi connectivity index (χ0v) is 21.5. The van der Waals surface area contributed by atoms with Gasteiger partial charge in [0.05, 0.1) is 0 Å². The minimum atomic E-state index is -1.26. The van der Waals surface area contributed by atoms with Crippen LogP contribution in [0.1, 0.15) is 28.2 Å². The SMILES string of the molecule is CN1CCN(c2ccc3c(c2)SCc2ccccc2C3c2ccccc2)CC1.O.O=C(O)/C=C\C(=O)O. The molecule has 0 aromatic heterocycles. The molecule has 7 nitrogen and oxygen atoms in total. The van der Waals surface area contributed by atoms with Crippen LogP contribution in [0.3, 0.4) is 0 Å². The van der Waals surface area contributed by atoms with E-state index in [1.165, 1.54) is 32.8 Å². The topological polar surface area (TPSA) is 113 Å². The number of hydrogen-bond donors (Lipinski definition) is 2. The first-order valence-corrected chi connectivity index (χ1v) is 12.9. The molecule has 4 N–H and O–H groups in total. The van der Waals surface area contributed by atoms with Gasteiger partial charge in [-0.3, -0.25) is 0 Å². The molecule has 1 fully saturated rings. The van der Waals surface area contributed by atoms with Crippen LogP contribution < -0.4 is 4.90 Å². The Bertz CT molecular complexity index is 1220. The number of carboxylic acids is 2. The van der Waals surface area contributed by atoms with Crippen LogP contribution in [0.5, 0.6) is 0 Å². The van der Waals surface area contributed by atoms with E-state index in [0.29, 0.717) is 18.1 Å². The fourth-order valence-electron chi connectivity index (χ4n) is 4.57. The Morgan fingerprint density at radius 1 is 0.838 bits per heavy atom. The molecule has 3 aromatic carbocycles. The fraction of sp³-hybridized carbons (Fsp3) is 0.241. The molecule has 0 radical (unpaired) electrons. The number of benzene rings is 3. The normalized spacial score (nSPS) is 16.9. The maximum Gasteiger partial charge on any atom is 0.328 e. The van der Waals surface area contributed by atoms with Crippen molar-refractivity contribution in [2.24, 2.45) is 0 Å². The number of carboxylic acid groups (broad SMARTS) is 2. The molecule has 0 spiro atoms. The van der Waals surface area contributed by atoms with Gasteiger partial charge in [0.15, 0.2) is 0 Å². The predicted molar refractivity (Wildman–Crippen MR) is 148 cm³/mol. The summed E-state index contributed by atoms with van der Waals surface area (Å²) in [6.45, 7) is 4.51. The van der Waals surface area contributed by atoms with Gasteiger partial charge in [-0.25, -0.2) is 9.59 Å². The van der Waals surface area contributed by atoms with E-state index in [0.717, 1.165) is 31.9 Å².